The number of phenols is 1. The molecule has 268 valence electrons. The minimum atomic E-state index is -1.55. The van der Waals surface area contributed by atoms with Crippen molar-refractivity contribution in [2.24, 2.45) is 23.7 Å². The lowest BCUT2D eigenvalue weighted by Crippen LogP contribution is -2.53. The molecule has 4 aromatic carbocycles. The molecule has 2 aliphatic heterocycles. The lowest BCUT2D eigenvalue weighted by molar-refractivity contribution is -0.138. The molecule has 12 heteroatoms. The fourth-order valence-corrected chi connectivity index (χ4v) is 9.47. The Hall–Kier alpha value is -5.45. The Kier molecular flexibility index (Phi) is 8.42. The summed E-state index contributed by atoms with van der Waals surface area (Å²) >= 11 is 12.7. The first-order valence-corrected chi connectivity index (χ1v) is 17.9. The maximum absolute atomic E-state index is 15.3. The molecule has 0 radical (unpaired) electrons. The second-order valence-electron chi connectivity index (χ2n) is 13.9. The first-order valence-electron chi connectivity index (χ1n) is 17.2. The third kappa shape index (κ3) is 5.26. The predicted molar refractivity (Wildman–Crippen MR) is 198 cm³/mol. The van der Waals surface area contributed by atoms with Crippen LogP contribution in [0.5, 0.6) is 11.5 Å². The van der Waals surface area contributed by atoms with Gasteiger partial charge in [-0.15, -0.1) is 0 Å². The number of ketones is 1. The highest BCUT2D eigenvalue weighted by Crippen LogP contribution is 2.64. The monoisotopic (exact) mass is 749 g/mol. The quantitative estimate of drug-likeness (QED) is 0.116. The summed E-state index contributed by atoms with van der Waals surface area (Å²) in [5.41, 5.74) is 4.38. The third-order valence-electron chi connectivity index (χ3n) is 11.3. The number of nitrogens with zero attached hydrogens (tertiary/aromatic N) is 2. The van der Waals surface area contributed by atoms with E-state index in [9.17, 15) is 24.3 Å². The highest BCUT2D eigenvalue weighted by Gasteiger charge is 2.70. The van der Waals surface area contributed by atoms with Crippen LogP contribution in [0.25, 0.3) is 0 Å². The number of amides is 4. The summed E-state index contributed by atoms with van der Waals surface area (Å²) < 4.78 is 5.45. The van der Waals surface area contributed by atoms with Crippen molar-refractivity contribution in [1.29, 1.82) is 0 Å². The smallest absolute Gasteiger partial charge is 0.260 e. The van der Waals surface area contributed by atoms with Gasteiger partial charge in [0.05, 0.1) is 46.7 Å². The lowest BCUT2D eigenvalue weighted by atomic mass is 9.49. The Labute approximate surface area is 314 Å². The van der Waals surface area contributed by atoms with Gasteiger partial charge in [-0.3, -0.25) is 34.3 Å². The van der Waals surface area contributed by atoms with E-state index >= 15 is 4.79 Å². The number of nitrogens with one attached hydrogen (secondary N) is 1. The van der Waals surface area contributed by atoms with Gasteiger partial charge in [0.15, 0.2) is 5.78 Å². The summed E-state index contributed by atoms with van der Waals surface area (Å²) in [5.74, 6) is -5.43. The SMILES string of the molecule is COc1ccc(C23C(=O)N(Nc4ccc(Cl)cc4Cl)C(=O)C2CC2C(=CCC4C(=O)N(c5ccc(C(C)=O)cc5)C(=O)C42)C3c2cccc(O)c2)cc1. The second kappa shape index (κ2) is 12.9. The van der Waals surface area contributed by atoms with E-state index in [1.54, 1.807) is 78.9 Å². The molecule has 0 aromatic heterocycles. The average molecular weight is 751 g/mol. The fourth-order valence-electron chi connectivity index (χ4n) is 9.02. The van der Waals surface area contributed by atoms with Crippen molar-refractivity contribution in [2.75, 3.05) is 17.4 Å². The molecule has 2 heterocycles. The van der Waals surface area contributed by atoms with Crippen molar-refractivity contribution in [2.45, 2.75) is 31.1 Å². The number of rotatable bonds is 7. The number of ether oxygens (including phenoxy) is 1. The number of methoxy groups -OCH3 is 1. The van der Waals surface area contributed by atoms with Crippen LogP contribution in [-0.4, -0.2) is 46.6 Å². The highest BCUT2D eigenvalue weighted by molar-refractivity contribution is 6.36. The van der Waals surface area contributed by atoms with Gasteiger partial charge in [-0.25, -0.2) is 0 Å². The van der Waals surface area contributed by atoms with Gasteiger partial charge in [-0.05, 0) is 104 Å². The molecule has 2 N–H and O–H groups in total. The van der Waals surface area contributed by atoms with Crippen molar-refractivity contribution >= 4 is 64.0 Å². The lowest BCUT2D eigenvalue weighted by Gasteiger charge is -2.50. The zero-order valence-electron chi connectivity index (χ0n) is 28.6. The molecule has 0 bridgehead atoms. The van der Waals surface area contributed by atoms with Crippen LogP contribution in [0.2, 0.25) is 10.0 Å². The first kappa shape index (κ1) is 34.6. The molecule has 4 aliphatic rings. The molecule has 2 saturated heterocycles. The van der Waals surface area contributed by atoms with Crippen LogP contribution >= 0.6 is 23.2 Å². The molecule has 0 spiro atoms. The van der Waals surface area contributed by atoms with Gasteiger partial charge in [0, 0.05) is 16.5 Å². The van der Waals surface area contributed by atoms with E-state index in [1.165, 1.54) is 31.1 Å². The number of hydrogen-bond donors (Lipinski definition) is 2. The maximum Gasteiger partial charge on any atom is 0.260 e. The Morgan fingerprint density at radius 2 is 1.62 bits per heavy atom. The van der Waals surface area contributed by atoms with Gasteiger partial charge in [-0.2, -0.15) is 5.01 Å². The average Bonchev–Trinajstić information content (AvgIpc) is 3.53. The number of carbonyl (C=O) groups is 5. The number of hydrazine groups is 1. The van der Waals surface area contributed by atoms with Gasteiger partial charge in [0.25, 0.3) is 11.8 Å². The van der Waals surface area contributed by atoms with Crippen molar-refractivity contribution in [3.63, 3.8) is 0 Å². The largest absolute Gasteiger partial charge is 0.508 e. The van der Waals surface area contributed by atoms with Crippen molar-refractivity contribution in [3.05, 3.63) is 129 Å². The van der Waals surface area contributed by atoms with E-state index in [4.69, 9.17) is 27.9 Å². The summed E-state index contributed by atoms with van der Waals surface area (Å²) in [4.78, 5) is 71.8. The fraction of sp³-hybridized carbons (Fsp3) is 0.244. The van der Waals surface area contributed by atoms with Gasteiger partial charge in [0.1, 0.15) is 11.5 Å². The number of fused-ring (bicyclic) bond motifs is 4. The van der Waals surface area contributed by atoms with E-state index in [0.717, 1.165) is 10.6 Å². The molecule has 6 atom stereocenters. The van der Waals surface area contributed by atoms with Crippen molar-refractivity contribution in [1.82, 2.24) is 5.01 Å². The molecule has 3 fully saturated rings. The molecule has 1 saturated carbocycles. The topological polar surface area (TPSA) is 133 Å². The van der Waals surface area contributed by atoms with Gasteiger partial charge < -0.3 is 9.84 Å². The van der Waals surface area contributed by atoms with E-state index in [1.807, 2.05) is 6.08 Å². The zero-order valence-corrected chi connectivity index (χ0v) is 30.1. The number of imide groups is 2. The Morgan fingerprint density at radius 3 is 2.28 bits per heavy atom. The van der Waals surface area contributed by atoms with Crippen LogP contribution < -0.4 is 15.1 Å². The minimum Gasteiger partial charge on any atom is -0.508 e. The Bertz CT molecular complexity index is 2260. The third-order valence-corrected chi connectivity index (χ3v) is 11.9. The molecule has 8 rings (SSSR count). The van der Waals surface area contributed by atoms with Gasteiger partial charge in [0.2, 0.25) is 11.8 Å². The number of anilines is 2. The van der Waals surface area contributed by atoms with Crippen LogP contribution in [0.3, 0.4) is 0 Å². The van der Waals surface area contributed by atoms with Crippen molar-refractivity contribution < 1.29 is 33.8 Å². The summed E-state index contributed by atoms with van der Waals surface area (Å²) in [6.07, 6.45) is 2.26. The molecular formula is C41H33Cl2N3O7. The van der Waals surface area contributed by atoms with Gasteiger partial charge in [-0.1, -0.05) is 59.1 Å². The minimum absolute atomic E-state index is 0.0349. The Balaban J connectivity index is 1.30. The normalized spacial score (nSPS) is 26.2. The molecule has 10 nitrogen and oxygen atoms in total. The number of Topliss-reactive ketones (excluding diaryl/α,β-unsaturated/α-hetero) is 1. The molecule has 2 aliphatic carbocycles. The highest BCUT2D eigenvalue weighted by atomic mass is 35.5. The number of allylic oxidation sites excluding steroid dienone is 2. The van der Waals surface area contributed by atoms with Crippen LogP contribution in [-0.2, 0) is 24.6 Å². The summed E-state index contributed by atoms with van der Waals surface area (Å²) in [6, 6.07) is 24.6. The summed E-state index contributed by atoms with van der Waals surface area (Å²) in [6.45, 7) is 1.44. The molecular weight excluding hydrogens is 717 g/mol. The van der Waals surface area contributed by atoms with E-state index < -0.39 is 52.7 Å². The number of benzene rings is 4. The standard InChI is InChI=1S/C41H33Cl2N3O7/c1-21(47)22-6-11-26(12-7-22)45-37(49)30-16-15-29-31(35(30)39(45)51)20-32-38(50)46(44-34-17-10-25(42)19-33(34)43)40(52)41(32,24-8-13-28(53-2)14-9-24)36(29)23-4-3-5-27(48)18-23/h3-15,17-19,30-32,35-36,44,48H,16,20H2,1-2H3. The molecule has 6 unspecified atom stereocenters. The maximum atomic E-state index is 15.3. The van der Waals surface area contributed by atoms with Gasteiger partial charge >= 0.3 is 0 Å². The van der Waals surface area contributed by atoms with Crippen LogP contribution in [0.15, 0.2) is 103 Å². The zero-order chi connectivity index (χ0) is 37.3. The van der Waals surface area contributed by atoms with E-state index in [-0.39, 0.29) is 41.0 Å². The Morgan fingerprint density at radius 1 is 0.887 bits per heavy atom. The van der Waals surface area contributed by atoms with E-state index in [0.29, 0.717) is 33.1 Å². The number of aromatic hydroxyl groups is 1. The molecule has 4 amide bonds. The second-order valence-corrected chi connectivity index (χ2v) is 14.8. The molecule has 4 aromatic rings. The van der Waals surface area contributed by atoms with E-state index in [2.05, 4.69) is 5.43 Å². The number of phenolic OH excluding ortho intramolecular Hbond substituents is 1. The number of halogens is 2. The van der Waals surface area contributed by atoms with Crippen LogP contribution in [0, 0.1) is 23.7 Å². The summed E-state index contributed by atoms with van der Waals surface area (Å²) in [7, 11) is 1.53. The number of hydrogen-bond acceptors (Lipinski definition) is 8. The first-order chi connectivity index (χ1) is 25.4. The van der Waals surface area contributed by atoms with Crippen molar-refractivity contribution in [3.8, 4) is 11.5 Å². The number of carbonyl (C=O) groups excluding carboxylic acids is 5. The predicted octanol–water partition coefficient (Wildman–Crippen LogP) is 7.10. The summed E-state index contributed by atoms with van der Waals surface area (Å²) in [5, 5.41) is 12.4. The molecule has 53 heavy (non-hydrogen) atoms. The van der Waals surface area contributed by atoms with Crippen LogP contribution in [0.1, 0.15) is 47.2 Å². The van der Waals surface area contributed by atoms with Crippen LogP contribution in [0.4, 0.5) is 11.4 Å².